The first kappa shape index (κ1) is 11.0. The molecule has 2 unspecified atom stereocenters. The van der Waals surface area contributed by atoms with Crippen LogP contribution in [0.4, 0.5) is 5.69 Å². The van der Waals surface area contributed by atoms with Crippen LogP contribution in [0.1, 0.15) is 36.5 Å². The summed E-state index contributed by atoms with van der Waals surface area (Å²) in [5, 5.41) is 12.4. The number of rotatable bonds is 1. The average Bonchev–Trinajstić information content (AvgIpc) is 3.01. The van der Waals surface area contributed by atoms with Gasteiger partial charge >= 0.3 is 0 Å². The van der Waals surface area contributed by atoms with Crippen molar-refractivity contribution >= 4 is 5.69 Å². The van der Waals surface area contributed by atoms with E-state index in [0.29, 0.717) is 5.92 Å². The first-order valence-corrected chi connectivity index (χ1v) is 7.07. The summed E-state index contributed by atoms with van der Waals surface area (Å²) in [7, 11) is 0. The molecule has 4 rings (SSSR count). The summed E-state index contributed by atoms with van der Waals surface area (Å²) in [4.78, 5) is 0. The third-order valence-electron chi connectivity index (χ3n) is 4.38. The van der Waals surface area contributed by atoms with E-state index < -0.39 is 0 Å². The van der Waals surface area contributed by atoms with Crippen molar-refractivity contribution in [2.75, 3.05) is 11.9 Å². The van der Waals surface area contributed by atoms with Gasteiger partial charge in [-0.05, 0) is 24.0 Å². The molecule has 98 valence electrons. The lowest BCUT2D eigenvalue weighted by Crippen LogP contribution is -2.21. The number of aromatic nitrogens is 3. The molecule has 0 fully saturated rings. The third kappa shape index (κ3) is 1.66. The Morgan fingerprint density at radius 1 is 1.26 bits per heavy atom. The average molecular weight is 254 g/mol. The molecule has 0 saturated carbocycles. The van der Waals surface area contributed by atoms with Crippen LogP contribution in [-0.2, 0) is 13.0 Å². The summed E-state index contributed by atoms with van der Waals surface area (Å²) in [6.07, 6.45) is 2.30. The van der Waals surface area contributed by atoms with Gasteiger partial charge in [0.15, 0.2) is 0 Å². The lowest BCUT2D eigenvalue weighted by molar-refractivity contribution is 0.401. The monoisotopic (exact) mass is 254 g/mol. The Hall–Kier alpha value is -1.84. The van der Waals surface area contributed by atoms with Crippen molar-refractivity contribution in [2.24, 2.45) is 5.92 Å². The molecule has 0 amide bonds. The van der Waals surface area contributed by atoms with Gasteiger partial charge in [-0.2, -0.15) is 0 Å². The summed E-state index contributed by atoms with van der Waals surface area (Å²) in [5.74, 6) is 3.39. The third-order valence-corrected chi connectivity index (χ3v) is 4.38. The van der Waals surface area contributed by atoms with Crippen molar-refractivity contribution in [3.05, 3.63) is 41.5 Å². The molecule has 3 heterocycles. The largest absolute Gasteiger partial charge is 0.384 e. The highest BCUT2D eigenvalue weighted by Gasteiger charge is 2.30. The highest BCUT2D eigenvalue weighted by Crippen LogP contribution is 2.36. The van der Waals surface area contributed by atoms with Crippen LogP contribution in [0, 0.1) is 5.92 Å². The van der Waals surface area contributed by atoms with Gasteiger partial charge in [0.1, 0.15) is 11.6 Å². The Balaban J connectivity index is 1.75. The maximum atomic E-state index is 4.49. The number of hydrogen-bond donors (Lipinski definition) is 1. The first-order chi connectivity index (χ1) is 9.33. The van der Waals surface area contributed by atoms with E-state index in [2.05, 4.69) is 51.3 Å². The van der Waals surface area contributed by atoms with Crippen molar-refractivity contribution < 1.29 is 0 Å². The maximum absolute atomic E-state index is 4.49. The number of nitrogens with zero attached hydrogens (tertiary/aromatic N) is 3. The number of anilines is 1. The van der Waals surface area contributed by atoms with Gasteiger partial charge < -0.3 is 9.88 Å². The second kappa shape index (κ2) is 4.08. The van der Waals surface area contributed by atoms with Gasteiger partial charge in [0.05, 0.1) is 5.92 Å². The van der Waals surface area contributed by atoms with Crippen LogP contribution in [0.3, 0.4) is 0 Å². The molecule has 2 aliphatic heterocycles. The van der Waals surface area contributed by atoms with E-state index in [4.69, 9.17) is 0 Å². The SMILES string of the molecule is CC1CCn2c(nnc2C2CNc3ccccc32)C1. The molecule has 1 aromatic heterocycles. The Morgan fingerprint density at radius 3 is 3.11 bits per heavy atom. The van der Waals surface area contributed by atoms with Gasteiger partial charge in [0.2, 0.25) is 0 Å². The zero-order valence-electron chi connectivity index (χ0n) is 11.1. The van der Waals surface area contributed by atoms with Gasteiger partial charge in [0, 0.05) is 25.2 Å². The van der Waals surface area contributed by atoms with Crippen LogP contribution in [-0.4, -0.2) is 21.3 Å². The van der Waals surface area contributed by atoms with Crippen LogP contribution < -0.4 is 5.32 Å². The molecule has 1 aromatic carbocycles. The standard InChI is InChI=1S/C15H18N4/c1-10-6-7-19-14(8-10)17-18-15(19)12-9-16-13-5-3-2-4-11(12)13/h2-5,10,12,16H,6-9H2,1H3. The number of benzene rings is 1. The summed E-state index contributed by atoms with van der Waals surface area (Å²) >= 11 is 0. The molecule has 2 aliphatic rings. The van der Waals surface area contributed by atoms with Crippen molar-refractivity contribution in [3.63, 3.8) is 0 Å². The molecular weight excluding hydrogens is 236 g/mol. The first-order valence-electron chi connectivity index (χ1n) is 7.07. The molecule has 4 nitrogen and oxygen atoms in total. The number of hydrogen-bond acceptors (Lipinski definition) is 3. The Morgan fingerprint density at radius 2 is 2.16 bits per heavy atom. The molecule has 2 atom stereocenters. The number of fused-ring (bicyclic) bond motifs is 2. The minimum atomic E-state index is 0.353. The molecule has 19 heavy (non-hydrogen) atoms. The van der Waals surface area contributed by atoms with Crippen LogP contribution in [0.5, 0.6) is 0 Å². The Kier molecular flexibility index (Phi) is 2.37. The van der Waals surface area contributed by atoms with E-state index in [9.17, 15) is 0 Å². The fourth-order valence-corrected chi connectivity index (χ4v) is 3.28. The topological polar surface area (TPSA) is 42.7 Å². The molecule has 0 spiro atoms. The molecular formula is C15H18N4. The predicted octanol–water partition coefficient (Wildman–Crippen LogP) is 2.42. The van der Waals surface area contributed by atoms with Gasteiger partial charge in [-0.1, -0.05) is 25.1 Å². The fraction of sp³-hybridized carbons (Fsp3) is 0.467. The lowest BCUT2D eigenvalue weighted by atomic mass is 9.97. The molecule has 2 aromatic rings. The Labute approximate surface area is 112 Å². The second-order valence-electron chi connectivity index (χ2n) is 5.74. The number of para-hydroxylation sites is 1. The molecule has 4 heteroatoms. The van der Waals surface area contributed by atoms with E-state index in [0.717, 1.165) is 37.1 Å². The zero-order chi connectivity index (χ0) is 12.8. The van der Waals surface area contributed by atoms with Gasteiger partial charge in [0.25, 0.3) is 0 Å². The quantitative estimate of drug-likeness (QED) is 0.850. The highest BCUT2D eigenvalue weighted by atomic mass is 15.3. The molecule has 1 N–H and O–H groups in total. The molecule has 0 radical (unpaired) electrons. The normalized spacial score (nSPS) is 24.7. The summed E-state index contributed by atoms with van der Waals surface area (Å²) in [5.41, 5.74) is 2.60. The van der Waals surface area contributed by atoms with Gasteiger partial charge in [-0.25, -0.2) is 0 Å². The highest BCUT2D eigenvalue weighted by molar-refractivity contribution is 5.59. The number of nitrogens with one attached hydrogen (secondary N) is 1. The van der Waals surface area contributed by atoms with E-state index >= 15 is 0 Å². The summed E-state index contributed by atoms with van der Waals surface area (Å²) in [6, 6.07) is 8.53. The van der Waals surface area contributed by atoms with Crippen molar-refractivity contribution in [2.45, 2.75) is 32.2 Å². The van der Waals surface area contributed by atoms with E-state index in [1.54, 1.807) is 0 Å². The van der Waals surface area contributed by atoms with E-state index in [-0.39, 0.29) is 0 Å². The predicted molar refractivity (Wildman–Crippen MR) is 74.3 cm³/mol. The smallest absolute Gasteiger partial charge is 0.142 e. The Bertz CT molecular complexity index is 616. The van der Waals surface area contributed by atoms with Gasteiger partial charge in [-0.3, -0.25) is 0 Å². The van der Waals surface area contributed by atoms with Crippen LogP contribution in [0.2, 0.25) is 0 Å². The lowest BCUT2D eigenvalue weighted by Gasteiger charge is -2.21. The minimum absolute atomic E-state index is 0.353. The van der Waals surface area contributed by atoms with Crippen molar-refractivity contribution in [3.8, 4) is 0 Å². The summed E-state index contributed by atoms with van der Waals surface area (Å²) < 4.78 is 2.34. The van der Waals surface area contributed by atoms with E-state index in [1.165, 1.54) is 17.7 Å². The van der Waals surface area contributed by atoms with Crippen LogP contribution in [0.15, 0.2) is 24.3 Å². The van der Waals surface area contributed by atoms with E-state index in [1.807, 2.05) is 0 Å². The fourth-order valence-electron chi connectivity index (χ4n) is 3.28. The second-order valence-corrected chi connectivity index (χ2v) is 5.74. The van der Waals surface area contributed by atoms with Crippen molar-refractivity contribution in [1.29, 1.82) is 0 Å². The van der Waals surface area contributed by atoms with Gasteiger partial charge in [-0.15, -0.1) is 10.2 Å². The van der Waals surface area contributed by atoms with Crippen molar-refractivity contribution in [1.82, 2.24) is 14.8 Å². The van der Waals surface area contributed by atoms with Crippen LogP contribution >= 0.6 is 0 Å². The molecule has 0 saturated heterocycles. The summed E-state index contributed by atoms with van der Waals surface area (Å²) in [6.45, 7) is 4.30. The molecule has 0 aliphatic carbocycles. The maximum Gasteiger partial charge on any atom is 0.142 e. The zero-order valence-corrected chi connectivity index (χ0v) is 11.1. The molecule has 0 bridgehead atoms. The minimum Gasteiger partial charge on any atom is -0.384 e. The van der Waals surface area contributed by atoms with Crippen LogP contribution in [0.25, 0.3) is 0 Å².